The van der Waals surface area contributed by atoms with Crippen molar-refractivity contribution in [3.63, 3.8) is 0 Å². The van der Waals surface area contributed by atoms with E-state index in [0.29, 0.717) is 19.3 Å². The molecule has 2 N–H and O–H groups in total. The van der Waals surface area contributed by atoms with E-state index < -0.39 is 36.1 Å². The fourth-order valence-electron chi connectivity index (χ4n) is 3.09. The van der Waals surface area contributed by atoms with E-state index in [-0.39, 0.29) is 17.6 Å². The van der Waals surface area contributed by atoms with Crippen LogP contribution in [0.5, 0.6) is 0 Å². The first-order chi connectivity index (χ1) is 10.2. The molecule has 7 atom stereocenters. The largest absolute Gasteiger partial charge is 0.462 e. The minimum absolute atomic E-state index is 0.00666. The van der Waals surface area contributed by atoms with Crippen LogP contribution >= 0.6 is 0 Å². The molecule has 0 radical (unpaired) electrons. The van der Waals surface area contributed by atoms with Crippen LogP contribution in [0.3, 0.4) is 0 Å². The molecule has 1 aliphatic heterocycles. The number of cyclic esters (lactones) is 1. The van der Waals surface area contributed by atoms with Gasteiger partial charge in [0.05, 0.1) is 18.1 Å². The summed E-state index contributed by atoms with van der Waals surface area (Å²) in [5.41, 5.74) is 0. The van der Waals surface area contributed by atoms with Crippen LogP contribution in [0.2, 0.25) is 0 Å². The van der Waals surface area contributed by atoms with Crippen molar-refractivity contribution in [2.45, 2.75) is 72.2 Å². The first-order valence-corrected chi connectivity index (χ1v) is 8.30. The van der Waals surface area contributed by atoms with Gasteiger partial charge in [0, 0.05) is 18.3 Å². The molecule has 0 aliphatic carbocycles. The monoisotopic (exact) mass is 314 g/mol. The zero-order valence-electron chi connectivity index (χ0n) is 14.3. The Hall–Kier alpha value is -0.940. The Morgan fingerprint density at radius 2 is 1.64 bits per heavy atom. The summed E-state index contributed by atoms with van der Waals surface area (Å²) < 4.78 is 5.50. The molecule has 0 aromatic rings. The SMILES string of the molecule is CCC1OC(=O)C(C)C(O)C(C)CCC(=O)C(C)C(O)C1C. The van der Waals surface area contributed by atoms with Crippen molar-refractivity contribution in [3.05, 3.63) is 0 Å². The van der Waals surface area contributed by atoms with Gasteiger partial charge in [0.2, 0.25) is 0 Å². The summed E-state index contributed by atoms with van der Waals surface area (Å²) in [6.45, 7) is 8.87. The molecule has 1 aliphatic rings. The molecule has 1 fully saturated rings. The van der Waals surface area contributed by atoms with Gasteiger partial charge in [-0.05, 0) is 25.7 Å². The molecule has 1 saturated heterocycles. The second-order valence-corrected chi connectivity index (χ2v) is 6.78. The van der Waals surface area contributed by atoms with Crippen LogP contribution in [0.15, 0.2) is 0 Å². The molecule has 7 unspecified atom stereocenters. The lowest BCUT2D eigenvalue weighted by Gasteiger charge is -2.33. The van der Waals surface area contributed by atoms with Crippen LogP contribution in [0.25, 0.3) is 0 Å². The Morgan fingerprint density at radius 3 is 2.18 bits per heavy atom. The lowest BCUT2D eigenvalue weighted by atomic mass is 9.82. The van der Waals surface area contributed by atoms with Gasteiger partial charge in [-0.15, -0.1) is 0 Å². The van der Waals surface area contributed by atoms with Gasteiger partial charge in [0.1, 0.15) is 11.9 Å². The lowest BCUT2D eigenvalue weighted by molar-refractivity contribution is -0.165. The van der Waals surface area contributed by atoms with Crippen molar-refractivity contribution in [1.29, 1.82) is 0 Å². The summed E-state index contributed by atoms with van der Waals surface area (Å²) in [5, 5.41) is 20.7. The molecular weight excluding hydrogens is 284 g/mol. The van der Waals surface area contributed by atoms with E-state index in [0.717, 1.165) is 0 Å². The van der Waals surface area contributed by atoms with Crippen molar-refractivity contribution in [3.8, 4) is 0 Å². The maximum atomic E-state index is 12.2. The zero-order chi connectivity index (χ0) is 17.0. The second-order valence-electron chi connectivity index (χ2n) is 6.78. The maximum absolute atomic E-state index is 12.2. The Labute approximate surface area is 133 Å². The predicted octanol–water partition coefficient (Wildman–Crippen LogP) is 1.94. The first-order valence-electron chi connectivity index (χ1n) is 8.30. The fraction of sp³-hybridized carbons (Fsp3) is 0.882. The molecule has 5 heteroatoms. The van der Waals surface area contributed by atoms with Gasteiger partial charge in [-0.1, -0.05) is 27.7 Å². The zero-order valence-corrected chi connectivity index (χ0v) is 14.3. The van der Waals surface area contributed by atoms with E-state index in [1.54, 1.807) is 20.8 Å². The van der Waals surface area contributed by atoms with E-state index in [1.807, 2.05) is 13.8 Å². The molecule has 1 heterocycles. The van der Waals surface area contributed by atoms with E-state index in [4.69, 9.17) is 4.74 Å². The van der Waals surface area contributed by atoms with Crippen LogP contribution in [0, 0.1) is 23.7 Å². The number of esters is 1. The predicted molar refractivity (Wildman–Crippen MR) is 83.1 cm³/mol. The van der Waals surface area contributed by atoms with E-state index in [2.05, 4.69) is 0 Å². The van der Waals surface area contributed by atoms with Gasteiger partial charge in [-0.25, -0.2) is 0 Å². The minimum atomic E-state index is -0.833. The highest BCUT2D eigenvalue weighted by molar-refractivity contribution is 5.81. The van der Waals surface area contributed by atoms with Crippen LogP contribution in [-0.4, -0.2) is 40.3 Å². The molecular formula is C17H30O5. The Balaban J connectivity index is 3.04. The van der Waals surface area contributed by atoms with Crippen LogP contribution in [0.4, 0.5) is 0 Å². The van der Waals surface area contributed by atoms with Crippen LogP contribution in [-0.2, 0) is 14.3 Å². The smallest absolute Gasteiger partial charge is 0.311 e. The van der Waals surface area contributed by atoms with Gasteiger partial charge < -0.3 is 14.9 Å². The van der Waals surface area contributed by atoms with Gasteiger partial charge in [0.25, 0.3) is 0 Å². The number of hydrogen-bond acceptors (Lipinski definition) is 5. The van der Waals surface area contributed by atoms with Crippen molar-refractivity contribution in [2.75, 3.05) is 0 Å². The molecule has 0 saturated carbocycles. The average molecular weight is 314 g/mol. The van der Waals surface area contributed by atoms with Gasteiger partial charge >= 0.3 is 5.97 Å². The topological polar surface area (TPSA) is 83.8 Å². The number of rotatable bonds is 1. The number of ketones is 1. The van der Waals surface area contributed by atoms with Gasteiger partial charge in [0.15, 0.2) is 0 Å². The molecule has 128 valence electrons. The highest BCUT2D eigenvalue weighted by atomic mass is 16.5. The van der Waals surface area contributed by atoms with Crippen molar-refractivity contribution in [1.82, 2.24) is 0 Å². The molecule has 0 spiro atoms. The summed E-state index contributed by atoms with van der Waals surface area (Å²) in [6, 6.07) is 0. The standard InChI is InChI=1S/C17H30O5/c1-6-14-11(4)16(20)10(3)13(18)8-7-9(2)15(19)12(5)17(21)22-14/h9-12,14-16,19-20H,6-8H2,1-5H3. The number of aliphatic hydroxyl groups excluding tert-OH is 2. The van der Waals surface area contributed by atoms with Gasteiger partial charge in [-0.3, -0.25) is 9.59 Å². The van der Waals surface area contributed by atoms with E-state index >= 15 is 0 Å². The van der Waals surface area contributed by atoms with E-state index in [1.165, 1.54) is 0 Å². The summed E-state index contributed by atoms with van der Waals surface area (Å²) in [4.78, 5) is 24.5. The maximum Gasteiger partial charge on any atom is 0.311 e. The Bertz CT molecular complexity index is 395. The van der Waals surface area contributed by atoms with Crippen LogP contribution < -0.4 is 0 Å². The Kier molecular flexibility index (Phi) is 7.00. The highest BCUT2D eigenvalue weighted by Crippen LogP contribution is 2.27. The normalized spacial score (nSPS) is 42.2. The molecule has 22 heavy (non-hydrogen) atoms. The van der Waals surface area contributed by atoms with Crippen molar-refractivity contribution < 1.29 is 24.5 Å². The number of carbonyl (C=O) groups excluding carboxylic acids is 2. The highest BCUT2D eigenvalue weighted by Gasteiger charge is 2.36. The third-order valence-electron chi connectivity index (χ3n) is 5.13. The summed E-state index contributed by atoms with van der Waals surface area (Å²) in [6.07, 6.45) is -0.749. The second kappa shape index (κ2) is 8.06. The quantitative estimate of drug-likeness (QED) is 0.723. The lowest BCUT2D eigenvalue weighted by Crippen LogP contribution is -2.42. The molecule has 1 rings (SSSR count). The Morgan fingerprint density at radius 1 is 1.05 bits per heavy atom. The van der Waals surface area contributed by atoms with Gasteiger partial charge in [-0.2, -0.15) is 0 Å². The number of aliphatic hydroxyl groups is 2. The number of carbonyl (C=O) groups is 2. The molecule has 0 aromatic heterocycles. The van der Waals surface area contributed by atoms with E-state index in [9.17, 15) is 19.8 Å². The number of hydrogen-bond donors (Lipinski definition) is 2. The molecule has 5 nitrogen and oxygen atoms in total. The number of Topliss-reactive ketones (excluding diaryl/α,β-unsaturated/α-hetero) is 1. The molecule has 0 bridgehead atoms. The van der Waals surface area contributed by atoms with Crippen molar-refractivity contribution >= 4 is 11.8 Å². The minimum Gasteiger partial charge on any atom is -0.462 e. The third-order valence-corrected chi connectivity index (χ3v) is 5.13. The fourth-order valence-corrected chi connectivity index (χ4v) is 3.09. The molecule has 0 aromatic carbocycles. The van der Waals surface area contributed by atoms with Crippen molar-refractivity contribution in [2.24, 2.45) is 23.7 Å². The summed E-state index contributed by atoms with van der Waals surface area (Å²) in [5.74, 6) is -2.08. The van der Waals surface area contributed by atoms with Crippen LogP contribution in [0.1, 0.15) is 53.9 Å². The third kappa shape index (κ3) is 4.29. The summed E-state index contributed by atoms with van der Waals surface area (Å²) >= 11 is 0. The number of ether oxygens (including phenoxy) is 1. The average Bonchev–Trinajstić information content (AvgIpc) is 2.52. The first kappa shape index (κ1) is 19.1. The summed E-state index contributed by atoms with van der Waals surface area (Å²) in [7, 11) is 0. The molecule has 0 amide bonds.